The Balaban J connectivity index is 1.87. The summed E-state index contributed by atoms with van der Waals surface area (Å²) in [5.74, 6) is 0.276. The number of carbonyl (C=O) groups excluding carboxylic acids is 2. The first kappa shape index (κ1) is 11.0. The highest BCUT2D eigenvalue weighted by atomic mass is 79.9. The Hall–Kier alpha value is -1.10. The molecule has 17 heavy (non-hydrogen) atoms. The van der Waals surface area contributed by atoms with Gasteiger partial charge in [0, 0.05) is 6.54 Å². The maximum absolute atomic E-state index is 12.2. The zero-order valence-electron chi connectivity index (χ0n) is 9.36. The van der Waals surface area contributed by atoms with Crippen molar-refractivity contribution in [2.75, 3.05) is 6.54 Å². The number of halogens is 1. The van der Waals surface area contributed by atoms with Gasteiger partial charge in [-0.3, -0.25) is 14.5 Å². The summed E-state index contributed by atoms with van der Waals surface area (Å²) < 4.78 is 2.51. The number of aromatic nitrogens is 1. The molecular weight excluding hydrogens is 284 g/mol. The van der Waals surface area contributed by atoms with Gasteiger partial charge in [0.2, 0.25) is 5.91 Å². The minimum atomic E-state index is -0.154. The van der Waals surface area contributed by atoms with E-state index in [2.05, 4.69) is 15.9 Å². The molecule has 1 saturated carbocycles. The van der Waals surface area contributed by atoms with Crippen molar-refractivity contribution < 1.29 is 9.59 Å². The van der Waals surface area contributed by atoms with E-state index in [0.29, 0.717) is 18.2 Å². The van der Waals surface area contributed by atoms with Crippen LogP contribution in [0.3, 0.4) is 0 Å². The van der Waals surface area contributed by atoms with Crippen LogP contribution in [0.15, 0.2) is 16.7 Å². The Labute approximate surface area is 108 Å². The number of carbonyl (C=O) groups is 2. The Kier molecular flexibility index (Phi) is 2.58. The fourth-order valence-corrected chi connectivity index (χ4v) is 2.83. The highest BCUT2D eigenvalue weighted by molar-refractivity contribution is 9.10. The van der Waals surface area contributed by atoms with Gasteiger partial charge in [-0.05, 0) is 46.8 Å². The second-order valence-electron chi connectivity index (χ2n) is 4.73. The highest BCUT2D eigenvalue weighted by Crippen LogP contribution is 2.29. The van der Waals surface area contributed by atoms with Gasteiger partial charge in [0.1, 0.15) is 12.2 Å². The van der Waals surface area contributed by atoms with Crippen molar-refractivity contribution in [3.05, 3.63) is 22.4 Å². The minimum Gasteiger partial charge on any atom is -0.322 e. The van der Waals surface area contributed by atoms with E-state index in [-0.39, 0.29) is 18.4 Å². The molecule has 0 saturated heterocycles. The van der Waals surface area contributed by atoms with Crippen molar-refractivity contribution in [1.29, 1.82) is 0 Å². The van der Waals surface area contributed by atoms with Crippen LogP contribution in [0, 0.1) is 5.92 Å². The molecule has 1 aromatic heterocycles. The fraction of sp³-hybridized carbons (Fsp3) is 0.500. The monoisotopic (exact) mass is 296 g/mol. The lowest BCUT2D eigenvalue weighted by atomic mass is 9.85. The van der Waals surface area contributed by atoms with Crippen LogP contribution in [0.5, 0.6) is 0 Å². The molecule has 5 heteroatoms. The molecule has 3 rings (SSSR count). The molecule has 90 valence electrons. The SMILES string of the molecule is O=C1Cn2c(Br)ccc2C(=O)N1CC1CCC1. The number of rotatable bonds is 2. The van der Waals surface area contributed by atoms with Crippen LogP contribution < -0.4 is 0 Å². The average Bonchev–Trinajstić information content (AvgIpc) is 2.58. The molecule has 0 N–H and O–H groups in total. The molecule has 1 fully saturated rings. The molecule has 0 bridgehead atoms. The number of fused-ring (bicyclic) bond motifs is 1. The van der Waals surface area contributed by atoms with Gasteiger partial charge in [0.05, 0.1) is 4.60 Å². The minimum absolute atomic E-state index is 0.0914. The quantitative estimate of drug-likeness (QED) is 0.784. The van der Waals surface area contributed by atoms with Gasteiger partial charge in [-0.15, -0.1) is 0 Å². The Morgan fingerprint density at radius 1 is 1.29 bits per heavy atom. The van der Waals surface area contributed by atoms with Crippen LogP contribution >= 0.6 is 15.9 Å². The predicted molar refractivity (Wildman–Crippen MR) is 65.5 cm³/mol. The number of amides is 2. The topological polar surface area (TPSA) is 42.3 Å². The van der Waals surface area contributed by atoms with E-state index < -0.39 is 0 Å². The largest absolute Gasteiger partial charge is 0.322 e. The summed E-state index contributed by atoms with van der Waals surface area (Å²) in [7, 11) is 0. The lowest BCUT2D eigenvalue weighted by molar-refractivity contribution is -0.131. The van der Waals surface area contributed by atoms with Gasteiger partial charge in [-0.2, -0.15) is 0 Å². The summed E-state index contributed by atoms with van der Waals surface area (Å²) in [6.45, 7) is 0.863. The second-order valence-corrected chi connectivity index (χ2v) is 5.55. The molecule has 0 spiro atoms. The van der Waals surface area contributed by atoms with Crippen LogP contribution in [0.25, 0.3) is 0 Å². The first-order valence-corrected chi connectivity index (χ1v) is 6.66. The van der Waals surface area contributed by atoms with E-state index in [0.717, 1.165) is 17.4 Å². The molecule has 1 aliphatic carbocycles. The molecule has 2 heterocycles. The summed E-state index contributed by atoms with van der Waals surface area (Å²) >= 11 is 3.34. The van der Waals surface area contributed by atoms with Crippen LogP contribution in [0.2, 0.25) is 0 Å². The molecular formula is C12H13BrN2O2. The third-order valence-corrected chi connectivity index (χ3v) is 4.34. The molecule has 0 unspecified atom stereocenters. The van der Waals surface area contributed by atoms with Crippen molar-refractivity contribution in [3.8, 4) is 0 Å². The van der Waals surface area contributed by atoms with Crippen molar-refractivity contribution in [2.45, 2.75) is 25.8 Å². The van der Waals surface area contributed by atoms with Gasteiger partial charge in [0.25, 0.3) is 5.91 Å². The van der Waals surface area contributed by atoms with Crippen molar-refractivity contribution >= 4 is 27.7 Å². The molecule has 0 aromatic carbocycles. The number of imide groups is 1. The van der Waals surface area contributed by atoms with E-state index in [9.17, 15) is 9.59 Å². The zero-order valence-corrected chi connectivity index (χ0v) is 10.9. The molecule has 0 atom stereocenters. The van der Waals surface area contributed by atoms with E-state index >= 15 is 0 Å². The highest BCUT2D eigenvalue weighted by Gasteiger charge is 2.34. The van der Waals surface area contributed by atoms with Gasteiger partial charge in [-0.1, -0.05) is 6.42 Å². The smallest absolute Gasteiger partial charge is 0.277 e. The Morgan fingerprint density at radius 2 is 2.06 bits per heavy atom. The van der Waals surface area contributed by atoms with Crippen molar-refractivity contribution in [3.63, 3.8) is 0 Å². The summed E-state index contributed by atoms with van der Waals surface area (Å²) in [6.07, 6.45) is 3.51. The second kappa shape index (κ2) is 3.98. The first-order chi connectivity index (χ1) is 8.16. The van der Waals surface area contributed by atoms with Crippen LogP contribution in [0.1, 0.15) is 29.8 Å². The van der Waals surface area contributed by atoms with E-state index in [1.807, 2.05) is 6.07 Å². The van der Waals surface area contributed by atoms with Crippen LogP contribution in [0.4, 0.5) is 0 Å². The fourth-order valence-electron chi connectivity index (χ4n) is 2.38. The van der Waals surface area contributed by atoms with Gasteiger partial charge >= 0.3 is 0 Å². The standard InChI is InChI=1S/C12H13BrN2O2/c13-10-5-4-9-12(17)15(6-8-2-1-3-8)11(16)7-14(9)10/h4-5,8H,1-3,6-7H2. The van der Waals surface area contributed by atoms with Gasteiger partial charge in [0.15, 0.2) is 0 Å². The molecule has 2 amide bonds. The number of hydrogen-bond acceptors (Lipinski definition) is 2. The third kappa shape index (κ3) is 1.73. The van der Waals surface area contributed by atoms with Crippen molar-refractivity contribution in [2.24, 2.45) is 5.92 Å². The van der Waals surface area contributed by atoms with E-state index in [1.54, 1.807) is 10.6 Å². The van der Waals surface area contributed by atoms with E-state index in [1.165, 1.54) is 11.3 Å². The average molecular weight is 297 g/mol. The maximum atomic E-state index is 12.2. The van der Waals surface area contributed by atoms with Crippen molar-refractivity contribution in [1.82, 2.24) is 9.47 Å². The zero-order chi connectivity index (χ0) is 12.0. The normalized spacial score (nSPS) is 20.4. The third-order valence-electron chi connectivity index (χ3n) is 3.65. The number of nitrogens with zero attached hydrogens (tertiary/aromatic N) is 2. The summed E-state index contributed by atoms with van der Waals surface area (Å²) in [5.41, 5.74) is 0.607. The Bertz CT molecular complexity index is 491. The molecule has 1 aliphatic heterocycles. The predicted octanol–water partition coefficient (Wildman–Crippen LogP) is 2.03. The lowest BCUT2D eigenvalue weighted by Gasteiger charge is -2.33. The van der Waals surface area contributed by atoms with Gasteiger partial charge < -0.3 is 4.57 Å². The lowest BCUT2D eigenvalue weighted by Crippen LogP contribution is -2.47. The summed E-state index contributed by atoms with van der Waals surface area (Å²) in [5, 5.41) is 0. The molecule has 0 radical (unpaired) electrons. The Morgan fingerprint density at radius 3 is 2.71 bits per heavy atom. The number of hydrogen-bond donors (Lipinski definition) is 0. The maximum Gasteiger partial charge on any atom is 0.277 e. The first-order valence-electron chi connectivity index (χ1n) is 5.86. The van der Waals surface area contributed by atoms with Crippen LogP contribution in [-0.2, 0) is 11.3 Å². The molecule has 2 aliphatic rings. The van der Waals surface area contributed by atoms with Gasteiger partial charge in [-0.25, -0.2) is 0 Å². The molecule has 1 aromatic rings. The van der Waals surface area contributed by atoms with Crippen LogP contribution in [-0.4, -0.2) is 27.8 Å². The summed E-state index contributed by atoms with van der Waals surface area (Å²) in [6, 6.07) is 3.58. The molecule has 4 nitrogen and oxygen atoms in total. The summed E-state index contributed by atoms with van der Waals surface area (Å²) in [4.78, 5) is 25.6. The van der Waals surface area contributed by atoms with E-state index in [4.69, 9.17) is 0 Å².